The van der Waals surface area contributed by atoms with Gasteiger partial charge in [0.25, 0.3) is 0 Å². The number of hydrogen-bond acceptors (Lipinski definition) is 3. The van der Waals surface area contributed by atoms with Crippen LogP contribution in [0.15, 0.2) is 24.3 Å². The highest BCUT2D eigenvalue weighted by atomic mass is 16.2. The van der Waals surface area contributed by atoms with Gasteiger partial charge >= 0.3 is 6.03 Å². The van der Waals surface area contributed by atoms with Gasteiger partial charge in [-0.05, 0) is 30.4 Å². The van der Waals surface area contributed by atoms with Gasteiger partial charge < -0.3 is 21.7 Å². The van der Waals surface area contributed by atoms with Crippen LogP contribution in [0.2, 0.25) is 0 Å². The maximum absolute atomic E-state index is 12.5. The van der Waals surface area contributed by atoms with Gasteiger partial charge in [-0.15, -0.1) is 0 Å². The second-order valence-corrected chi connectivity index (χ2v) is 6.63. The summed E-state index contributed by atoms with van der Waals surface area (Å²) in [7, 11) is 1.76. The first-order valence-corrected chi connectivity index (χ1v) is 8.33. The molecule has 0 fully saturated rings. The average Bonchev–Trinajstić information content (AvgIpc) is 2.51. The fourth-order valence-corrected chi connectivity index (χ4v) is 2.52. The Labute approximate surface area is 144 Å². The first-order chi connectivity index (χ1) is 11.2. The molecule has 5 N–H and O–H groups in total. The van der Waals surface area contributed by atoms with Crippen molar-refractivity contribution in [2.45, 2.75) is 45.7 Å². The first kappa shape index (κ1) is 20.0. The summed E-state index contributed by atoms with van der Waals surface area (Å²) in [6, 6.07) is 6.64. The fraction of sp³-hybridized carbons (Fsp3) is 0.556. The fourth-order valence-electron chi connectivity index (χ4n) is 2.52. The zero-order valence-corrected chi connectivity index (χ0v) is 15.1. The zero-order chi connectivity index (χ0) is 18.3. The highest BCUT2D eigenvalue weighted by molar-refractivity contribution is 5.78. The van der Waals surface area contributed by atoms with Crippen molar-refractivity contribution in [3.63, 3.8) is 0 Å². The molecule has 3 amide bonds. The van der Waals surface area contributed by atoms with Crippen molar-refractivity contribution >= 4 is 11.9 Å². The van der Waals surface area contributed by atoms with Gasteiger partial charge in [0.2, 0.25) is 5.91 Å². The number of carbonyl (C=O) groups is 2. The molecule has 24 heavy (non-hydrogen) atoms. The molecular formula is C18H30N4O2. The Bertz CT molecular complexity index is 560. The van der Waals surface area contributed by atoms with Crippen molar-refractivity contribution < 1.29 is 9.59 Å². The molecule has 0 aliphatic heterocycles. The second-order valence-electron chi connectivity index (χ2n) is 6.63. The molecule has 0 saturated heterocycles. The Morgan fingerprint density at radius 1 is 1.25 bits per heavy atom. The largest absolute Gasteiger partial charge is 0.352 e. The van der Waals surface area contributed by atoms with Gasteiger partial charge in [-0.3, -0.25) is 4.79 Å². The third-order valence-electron chi connectivity index (χ3n) is 4.34. The second kappa shape index (κ2) is 9.27. The van der Waals surface area contributed by atoms with Crippen LogP contribution in [0.1, 0.15) is 43.9 Å². The molecule has 0 radical (unpaired) electrons. The molecular weight excluding hydrogens is 304 g/mol. The van der Waals surface area contributed by atoms with E-state index in [1.807, 2.05) is 31.2 Å². The number of nitrogens with zero attached hydrogens (tertiary/aromatic N) is 1. The lowest BCUT2D eigenvalue weighted by atomic mass is 9.98. The lowest BCUT2D eigenvalue weighted by Gasteiger charge is -2.25. The van der Waals surface area contributed by atoms with E-state index in [2.05, 4.69) is 19.2 Å². The van der Waals surface area contributed by atoms with Crippen molar-refractivity contribution in [2.75, 3.05) is 13.6 Å². The number of amides is 3. The summed E-state index contributed by atoms with van der Waals surface area (Å²) in [5, 5.41) is 2.67. The predicted molar refractivity (Wildman–Crippen MR) is 96.3 cm³/mol. The van der Waals surface area contributed by atoms with Crippen LogP contribution in [-0.4, -0.2) is 36.5 Å². The zero-order valence-electron chi connectivity index (χ0n) is 15.1. The lowest BCUT2D eigenvalue weighted by molar-refractivity contribution is -0.130. The van der Waals surface area contributed by atoms with E-state index in [1.165, 1.54) is 0 Å². The number of nitrogens with two attached hydrogens (primary N) is 2. The summed E-state index contributed by atoms with van der Waals surface area (Å²) in [6.07, 6.45) is 0.916. The van der Waals surface area contributed by atoms with E-state index in [4.69, 9.17) is 11.5 Å². The number of nitrogens with one attached hydrogen (secondary N) is 1. The van der Waals surface area contributed by atoms with Crippen LogP contribution >= 0.6 is 0 Å². The average molecular weight is 334 g/mol. The highest BCUT2D eigenvalue weighted by Gasteiger charge is 2.21. The van der Waals surface area contributed by atoms with Crippen LogP contribution in [0.25, 0.3) is 0 Å². The summed E-state index contributed by atoms with van der Waals surface area (Å²) < 4.78 is 0. The van der Waals surface area contributed by atoms with Crippen LogP contribution in [0.3, 0.4) is 0 Å². The number of aryl methyl sites for hydroxylation is 1. The molecule has 1 aromatic carbocycles. The molecule has 0 aliphatic rings. The minimum atomic E-state index is -0.638. The van der Waals surface area contributed by atoms with E-state index in [0.717, 1.165) is 17.5 Å². The van der Waals surface area contributed by atoms with E-state index in [1.54, 1.807) is 11.9 Å². The number of rotatable bonds is 8. The van der Waals surface area contributed by atoms with Gasteiger partial charge in [0.1, 0.15) is 0 Å². The summed E-state index contributed by atoms with van der Waals surface area (Å²) in [6.45, 7) is 6.67. The number of urea groups is 1. The highest BCUT2D eigenvalue weighted by Crippen LogP contribution is 2.21. The maximum atomic E-state index is 12.5. The van der Waals surface area contributed by atoms with Crippen molar-refractivity contribution in [2.24, 2.45) is 17.4 Å². The predicted octanol–water partition coefficient (Wildman–Crippen LogP) is 1.93. The van der Waals surface area contributed by atoms with E-state index >= 15 is 0 Å². The number of carbonyl (C=O) groups excluding carboxylic acids is 2. The van der Waals surface area contributed by atoms with Crippen LogP contribution in [0.5, 0.6) is 0 Å². The molecule has 6 heteroatoms. The molecule has 0 saturated carbocycles. The van der Waals surface area contributed by atoms with Crippen molar-refractivity contribution in [1.82, 2.24) is 10.2 Å². The van der Waals surface area contributed by atoms with Gasteiger partial charge in [-0.1, -0.05) is 38.1 Å². The summed E-state index contributed by atoms with van der Waals surface area (Å²) >= 11 is 0. The first-order valence-electron chi connectivity index (χ1n) is 8.33. The summed E-state index contributed by atoms with van der Waals surface area (Å²) in [5.41, 5.74) is 13.2. The molecule has 0 spiro atoms. The van der Waals surface area contributed by atoms with Crippen LogP contribution in [-0.2, 0) is 4.79 Å². The van der Waals surface area contributed by atoms with Gasteiger partial charge in [0, 0.05) is 19.6 Å². The third-order valence-corrected chi connectivity index (χ3v) is 4.34. The van der Waals surface area contributed by atoms with Crippen molar-refractivity contribution in [3.8, 4) is 0 Å². The van der Waals surface area contributed by atoms with E-state index in [0.29, 0.717) is 12.5 Å². The van der Waals surface area contributed by atoms with E-state index in [9.17, 15) is 9.59 Å². The van der Waals surface area contributed by atoms with Gasteiger partial charge in [-0.25, -0.2) is 4.79 Å². The molecule has 0 aliphatic carbocycles. The molecule has 2 unspecified atom stereocenters. The number of hydrogen-bond donors (Lipinski definition) is 3. The SMILES string of the molecule is Cc1ccccc1C(CC(=O)N(C)CCC(N)C(C)C)NC(N)=O. The van der Waals surface area contributed by atoms with Crippen molar-refractivity contribution in [1.29, 1.82) is 0 Å². The Morgan fingerprint density at radius 2 is 1.88 bits per heavy atom. The number of primary amides is 1. The van der Waals surface area contributed by atoms with Gasteiger partial charge in [0.15, 0.2) is 0 Å². The molecule has 6 nitrogen and oxygen atoms in total. The normalized spacial score (nSPS) is 13.4. The van der Waals surface area contributed by atoms with Crippen LogP contribution < -0.4 is 16.8 Å². The maximum Gasteiger partial charge on any atom is 0.312 e. The third kappa shape index (κ3) is 6.20. The Hall–Kier alpha value is -2.08. The van der Waals surface area contributed by atoms with Crippen LogP contribution in [0, 0.1) is 12.8 Å². The smallest absolute Gasteiger partial charge is 0.312 e. The molecule has 1 rings (SSSR count). The van der Waals surface area contributed by atoms with Crippen LogP contribution in [0.4, 0.5) is 4.79 Å². The Kier molecular flexibility index (Phi) is 7.71. The number of benzene rings is 1. The topological polar surface area (TPSA) is 101 Å². The van der Waals surface area contributed by atoms with E-state index < -0.39 is 12.1 Å². The molecule has 0 bridgehead atoms. The Morgan fingerprint density at radius 3 is 2.42 bits per heavy atom. The summed E-state index contributed by atoms with van der Waals surface area (Å²) in [4.78, 5) is 25.5. The minimum Gasteiger partial charge on any atom is -0.352 e. The summed E-state index contributed by atoms with van der Waals surface area (Å²) in [5.74, 6) is 0.331. The molecule has 1 aromatic rings. The molecule has 0 heterocycles. The van der Waals surface area contributed by atoms with Gasteiger partial charge in [0.05, 0.1) is 12.5 Å². The molecule has 2 atom stereocenters. The van der Waals surface area contributed by atoms with Crippen molar-refractivity contribution in [3.05, 3.63) is 35.4 Å². The quantitative estimate of drug-likeness (QED) is 0.677. The lowest BCUT2D eigenvalue weighted by Crippen LogP contribution is -2.39. The Balaban J connectivity index is 2.74. The minimum absolute atomic E-state index is 0.0482. The van der Waals surface area contributed by atoms with Gasteiger partial charge in [-0.2, -0.15) is 0 Å². The molecule has 134 valence electrons. The monoisotopic (exact) mass is 334 g/mol. The standard InChI is InChI=1S/C18H30N4O2/c1-12(2)15(19)9-10-22(4)17(23)11-16(21-18(20)24)14-8-6-5-7-13(14)3/h5-8,12,15-16H,9-11,19H2,1-4H3,(H3,20,21,24). The molecule has 0 aromatic heterocycles. The van der Waals surface area contributed by atoms with E-state index in [-0.39, 0.29) is 18.4 Å².